The van der Waals surface area contributed by atoms with Gasteiger partial charge in [0.25, 0.3) is 0 Å². The molecule has 0 N–H and O–H groups in total. The van der Waals surface area contributed by atoms with Crippen molar-refractivity contribution in [2.24, 2.45) is 11.8 Å². The van der Waals surface area contributed by atoms with Gasteiger partial charge in [-0.1, -0.05) is 43.1 Å². The first-order chi connectivity index (χ1) is 6.13. The standard InChI is InChI=1S/C11H22BrN/c1-4-9(2)7-13-6-5-10(3)11(12)8-13/h9-11H,4-8H2,1-3H3. The first-order valence-corrected chi connectivity index (χ1v) is 6.41. The molecular formula is C11H22BrN. The van der Waals surface area contributed by atoms with Gasteiger partial charge in [0, 0.05) is 17.9 Å². The van der Waals surface area contributed by atoms with Crippen LogP contribution in [0.3, 0.4) is 0 Å². The Balaban J connectivity index is 2.29. The molecule has 0 saturated carbocycles. The molecule has 1 rings (SSSR count). The van der Waals surface area contributed by atoms with Crippen molar-refractivity contribution in [3.63, 3.8) is 0 Å². The van der Waals surface area contributed by atoms with Gasteiger partial charge in [0.2, 0.25) is 0 Å². The van der Waals surface area contributed by atoms with E-state index in [4.69, 9.17) is 0 Å². The number of piperidine rings is 1. The molecule has 0 aromatic rings. The molecule has 1 heterocycles. The lowest BCUT2D eigenvalue weighted by Crippen LogP contribution is -2.41. The molecule has 0 aliphatic carbocycles. The number of rotatable bonds is 3. The number of nitrogens with zero attached hydrogens (tertiary/aromatic N) is 1. The van der Waals surface area contributed by atoms with Crippen molar-refractivity contribution in [3.05, 3.63) is 0 Å². The Bertz CT molecular complexity index is 147. The zero-order chi connectivity index (χ0) is 9.84. The number of hydrogen-bond donors (Lipinski definition) is 0. The maximum atomic E-state index is 3.76. The topological polar surface area (TPSA) is 3.24 Å². The summed E-state index contributed by atoms with van der Waals surface area (Å²) in [6, 6.07) is 0. The van der Waals surface area contributed by atoms with Crippen LogP contribution in [0.1, 0.15) is 33.6 Å². The van der Waals surface area contributed by atoms with Crippen molar-refractivity contribution in [2.75, 3.05) is 19.6 Å². The summed E-state index contributed by atoms with van der Waals surface area (Å²) in [7, 11) is 0. The first kappa shape index (κ1) is 11.5. The fourth-order valence-electron chi connectivity index (χ4n) is 1.82. The van der Waals surface area contributed by atoms with E-state index >= 15 is 0 Å². The highest BCUT2D eigenvalue weighted by atomic mass is 79.9. The first-order valence-electron chi connectivity index (χ1n) is 5.50. The minimum absolute atomic E-state index is 0.713. The quantitative estimate of drug-likeness (QED) is 0.693. The van der Waals surface area contributed by atoms with Gasteiger partial charge < -0.3 is 4.90 Å². The van der Waals surface area contributed by atoms with Crippen molar-refractivity contribution in [1.29, 1.82) is 0 Å². The maximum Gasteiger partial charge on any atom is 0.0299 e. The van der Waals surface area contributed by atoms with Crippen LogP contribution in [0.25, 0.3) is 0 Å². The summed E-state index contributed by atoms with van der Waals surface area (Å²) in [5.41, 5.74) is 0. The molecule has 78 valence electrons. The van der Waals surface area contributed by atoms with E-state index in [1.54, 1.807) is 0 Å². The summed E-state index contributed by atoms with van der Waals surface area (Å²) < 4.78 is 0. The zero-order valence-corrected chi connectivity index (χ0v) is 10.7. The van der Waals surface area contributed by atoms with E-state index < -0.39 is 0 Å². The van der Waals surface area contributed by atoms with E-state index in [0.29, 0.717) is 4.83 Å². The molecular weight excluding hydrogens is 226 g/mol. The highest BCUT2D eigenvalue weighted by molar-refractivity contribution is 9.09. The van der Waals surface area contributed by atoms with E-state index in [0.717, 1.165) is 11.8 Å². The third-order valence-corrected chi connectivity index (χ3v) is 4.41. The molecule has 1 saturated heterocycles. The predicted octanol–water partition coefficient (Wildman–Crippen LogP) is 3.14. The Morgan fingerprint density at radius 3 is 2.77 bits per heavy atom. The molecule has 1 aliphatic heterocycles. The molecule has 0 bridgehead atoms. The van der Waals surface area contributed by atoms with Crippen LogP contribution in [-0.2, 0) is 0 Å². The van der Waals surface area contributed by atoms with E-state index in [-0.39, 0.29) is 0 Å². The molecule has 1 fully saturated rings. The van der Waals surface area contributed by atoms with E-state index in [9.17, 15) is 0 Å². The van der Waals surface area contributed by atoms with Crippen LogP contribution in [0.5, 0.6) is 0 Å². The van der Waals surface area contributed by atoms with Gasteiger partial charge in [-0.15, -0.1) is 0 Å². The van der Waals surface area contributed by atoms with Crippen molar-refractivity contribution < 1.29 is 0 Å². The van der Waals surface area contributed by atoms with E-state index in [1.165, 1.54) is 32.5 Å². The third kappa shape index (κ3) is 3.59. The fraction of sp³-hybridized carbons (Fsp3) is 1.00. The number of hydrogen-bond acceptors (Lipinski definition) is 1. The second kappa shape index (κ2) is 5.35. The molecule has 1 aliphatic rings. The average Bonchev–Trinajstić information content (AvgIpc) is 2.11. The minimum Gasteiger partial charge on any atom is -0.302 e. The normalized spacial score (nSPS) is 33.2. The number of likely N-dealkylation sites (tertiary alicyclic amines) is 1. The zero-order valence-electron chi connectivity index (χ0n) is 9.09. The summed E-state index contributed by atoms with van der Waals surface area (Å²) in [5.74, 6) is 1.71. The molecule has 0 spiro atoms. The molecule has 2 heteroatoms. The van der Waals surface area contributed by atoms with Crippen LogP contribution in [0.2, 0.25) is 0 Å². The second-order valence-corrected chi connectivity index (χ2v) is 5.73. The lowest BCUT2D eigenvalue weighted by molar-refractivity contribution is 0.177. The molecule has 0 radical (unpaired) electrons. The van der Waals surface area contributed by atoms with Crippen molar-refractivity contribution in [3.8, 4) is 0 Å². The maximum absolute atomic E-state index is 3.76. The number of halogens is 1. The van der Waals surface area contributed by atoms with Gasteiger partial charge in [-0.05, 0) is 24.8 Å². The summed E-state index contributed by atoms with van der Waals surface area (Å²) in [5, 5.41) is 0. The van der Waals surface area contributed by atoms with Crippen LogP contribution < -0.4 is 0 Å². The largest absolute Gasteiger partial charge is 0.302 e. The number of alkyl halides is 1. The smallest absolute Gasteiger partial charge is 0.0299 e. The summed E-state index contributed by atoms with van der Waals surface area (Å²) in [6.45, 7) is 10.8. The highest BCUT2D eigenvalue weighted by Crippen LogP contribution is 2.23. The summed E-state index contributed by atoms with van der Waals surface area (Å²) in [6.07, 6.45) is 2.66. The fourth-order valence-corrected chi connectivity index (χ4v) is 2.49. The Kier molecular flexibility index (Phi) is 4.74. The third-order valence-electron chi connectivity index (χ3n) is 3.22. The molecule has 0 amide bonds. The minimum atomic E-state index is 0.713. The van der Waals surface area contributed by atoms with Crippen molar-refractivity contribution in [2.45, 2.75) is 38.4 Å². The lowest BCUT2D eigenvalue weighted by atomic mass is 9.98. The molecule has 1 nitrogen and oxygen atoms in total. The van der Waals surface area contributed by atoms with Crippen molar-refractivity contribution >= 4 is 15.9 Å². The van der Waals surface area contributed by atoms with Gasteiger partial charge in [-0.2, -0.15) is 0 Å². The van der Waals surface area contributed by atoms with Crippen LogP contribution in [-0.4, -0.2) is 29.4 Å². The van der Waals surface area contributed by atoms with Gasteiger partial charge in [-0.3, -0.25) is 0 Å². The van der Waals surface area contributed by atoms with Gasteiger partial charge in [0.15, 0.2) is 0 Å². The van der Waals surface area contributed by atoms with E-state index in [2.05, 4.69) is 41.6 Å². The Hall–Kier alpha value is 0.440. The molecule has 3 unspecified atom stereocenters. The molecule has 0 aromatic carbocycles. The second-order valence-electron chi connectivity index (χ2n) is 4.55. The Morgan fingerprint density at radius 1 is 1.54 bits per heavy atom. The SMILES string of the molecule is CCC(C)CN1CCC(C)C(Br)C1. The predicted molar refractivity (Wildman–Crippen MR) is 62.4 cm³/mol. The lowest BCUT2D eigenvalue weighted by Gasteiger charge is -2.35. The average molecular weight is 248 g/mol. The molecule has 13 heavy (non-hydrogen) atoms. The summed E-state index contributed by atoms with van der Waals surface area (Å²) in [4.78, 5) is 3.32. The summed E-state index contributed by atoms with van der Waals surface area (Å²) >= 11 is 3.76. The van der Waals surface area contributed by atoms with Crippen LogP contribution in [0, 0.1) is 11.8 Å². The molecule has 3 atom stereocenters. The van der Waals surface area contributed by atoms with E-state index in [1.807, 2.05) is 0 Å². The van der Waals surface area contributed by atoms with Gasteiger partial charge in [-0.25, -0.2) is 0 Å². The van der Waals surface area contributed by atoms with Gasteiger partial charge >= 0.3 is 0 Å². The molecule has 0 aromatic heterocycles. The van der Waals surface area contributed by atoms with Crippen molar-refractivity contribution in [1.82, 2.24) is 4.90 Å². The van der Waals surface area contributed by atoms with Crippen LogP contribution in [0.4, 0.5) is 0 Å². The van der Waals surface area contributed by atoms with Gasteiger partial charge in [0.1, 0.15) is 0 Å². The van der Waals surface area contributed by atoms with Gasteiger partial charge in [0.05, 0.1) is 0 Å². The Morgan fingerprint density at radius 2 is 2.23 bits per heavy atom. The van der Waals surface area contributed by atoms with Crippen LogP contribution in [0.15, 0.2) is 0 Å². The Labute approximate surface area is 91.0 Å². The van der Waals surface area contributed by atoms with Crippen LogP contribution >= 0.6 is 15.9 Å². The monoisotopic (exact) mass is 247 g/mol. The highest BCUT2D eigenvalue weighted by Gasteiger charge is 2.24.